The zero-order chi connectivity index (χ0) is 33.2. The molecule has 3 aromatic carbocycles. The number of amides is 3. The normalized spacial score (nSPS) is 15.0. The predicted octanol–water partition coefficient (Wildman–Crippen LogP) is 6.39. The lowest BCUT2D eigenvalue weighted by Gasteiger charge is -2.22. The monoisotopic (exact) mass is 673 g/mol. The Labute approximate surface area is 268 Å². The summed E-state index contributed by atoms with van der Waals surface area (Å²) >= 11 is 1.12. The van der Waals surface area contributed by atoms with Crippen LogP contribution in [0.3, 0.4) is 0 Å². The van der Waals surface area contributed by atoms with Gasteiger partial charge < -0.3 is 10.2 Å². The van der Waals surface area contributed by atoms with Crippen LogP contribution in [0.2, 0.25) is 0 Å². The van der Waals surface area contributed by atoms with Crippen molar-refractivity contribution in [3.63, 3.8) is 0 Å². The zero-order valence-electron chi connectivity index (χ0n) is 24.7. The second-order valence-corrected chi connectivity index (χ2v) is 12.6. The minimum absolute atomic E-state index is 0.101. The highest BCUT2D eigenvalue weighted by Crippen LogP contribution is 2.34. The van der Waals surface area contributed by atoms with E-state index in [4.69, 9.17) is 0 Å². The Balaban J connectivity index is 1.32. The van der Waals surface area contributed by atoms with Crippen LogP contribution in [-0.2, 0) is 22.0 Å². The maximum Gasteiger partial charge on any atom is 0.475 e. The minimum atomic E-state index is -4.88. The van der Waals surface area contributed by atoms with Crippen molar-refractivity contribution in [1.82, 2.24) is 14.8 Å². The minimum Gasteiger partial charge on any atom is -0.378 e. The van der Waals surface area contributed by atoms with Crippen molar-refractivity contribution in [2.45, 2.75) is 30.2 Å². The molecule has 4 aromatic rings. The van der Waals surface area contributed by atoms with E-state index in [2.05, 4.69) is 20.4 Å². The van der Waals surface area contributed by atoms with Gasteiger partial charge >= 0.3 is 11.5 Å². The predicted molar refractivity (Wildman–Crippen MR) is 170 cm³/mol. The molecule has 2 heterocycles. The molecule has 10 nitrogen and oxygen atoms in total. The first-order valence-electron chi connectivity index (χ1n) is 13.8. The summed E-state index contributed by atoms with van der Waals surface area (Å²) in [5, 5.41) is 6.84. The Hall–Kier alpha value is -4.57. The summed E-state index contributed by atoms with van der Waals surface area (Å²) in [7, 11) is 0.609. The fourth-order valence-electron chi connectivity index (χ4n) is 4.56. The van der Waals surface area contributed by atoms with E-state index in [9.17, 15) is 27.0 Å². The lowest BCUT2D eigenvalue weighted by atomic mass is 10.1. The highest BCUT2D eigenvalue weighted by atomic mass is 32.2. The number of carbonyl (C=O) groups excluding carboxylic acids is 2. The Morgan fingerprint density at radius 1 is 1.11 bits per heavy atom. The van der Waals surface area contributed by atoms with Crippen LogP contribution in [-0.4, -0.2) is 61.4 Å². The average molecular weight is 674 g/mol. The van der Waals surface area contributed by atoms with Crippen LogP contribution in [0.15, 0.2) is 76.9 Å². The number of amidine groups is 1. The highest BCUT2D eigenvalue weighted by Gasteiger charge is 2.38. The molecule has 0 radical (unpaired) electrons. The Morgan fingerprint density at radius 3 is 2.50 bits per heavy atom. The van der Waals surface area contributed by atoms with E-state index in [0.717, 1.165) is 54.1 Å². The second kappa shape index (κ2) is 13.4. The highest BCUT2D eigenvalue weighted by molar-refractivity contribution is 8.15. The van der Waals surface area contributed by atoms with Crippen molar-refractivity contribution >= 4 is 56.7 Å². The van der Waals surface area contributed by atoms with Crippen LogP contribution in [0.5, 0.6) is 0 Å². The number of urea groups is 1. The molecule has 0 saturated carbocycles. The summed E-state index contributed by atoms with van der Waals surface area (Å²) in [4.78, 5) is 36.9. The molecule has 1 aromatic heterocycles. The molecule has 3 amide bonds. The number of nitrogens with zero attached hydrogens (tertiary/aromatic N) is 6. The lowest BCUT2D eigenvalue weighted by Crippen LogP contribution is -2.31. The standard InChI is InChI=1S/C30H27F4N7O3S2/c1-4-5-18-6-8-21(39(2)3)15-25(18)41-26(42)16-45-29(41)37-28(43)36-24-13-7-19(14-23(24)31)27-35-17-40(38-27)20-9-11-22(12-10-20)46(44)30(32,33)34/h6-15,17H,4-5,16H2,1-3H3,(H,36,43). The zero-order valence-corrected chi connectivity index (χ0v) is 26.3. The first-order valence-corrected chi connectivity index (χ1v) is 16.0. The number of aliphatic imine (C=N–C) groups is 1. The second-order valence-electron chi connectivity index (χ2n) is 10.2. The fraction of sp³-hybridized carbons (Fsp3) is 0.233. The molecule has 1 aliphatic rings. The van der Waals surface area contributed by atoms with Gasteiger partial charge in [0.2, 0.25) is 5.91 Å². The first kappa shape index (κ1) is 32.8. The number of thioether (sulfide) groups is 1. The summed E-state index contributed by atoms with van der Waals surface area (Å²) in [5.74, 6) is -0.805. The van der Waals surface area contributed by atoms with Gasteiger partial charge in [-0.2, -0.15) is 18.2 Å². The number of halogens is 4. The molecule has 1 unspecified atom stereocenters. The van der Waals surface area contributed by atoms with Gasteiger partial charge in [0.1, 0.15) is 12.1 Å². The van der Waals surface area contributed by atoms with Crippen LogP contribution >= 0.6 is 11.8 Å². The Morgan fingerprint density at radius 2 is 1.85 bits per heavy atom. The summed E-state index contributed by atoms with van der Waals surface area (Å²) < 4.78 is 66.1. The maximum atomic E-state index is 15.1. The average Bonchev–Trinajstić information content (AvgIpc) is 3.65. The molecule has 0 aliphatic carbocycles. The molecule has 1 fully saturated rings. The number of nitrogens with one attached hydrogen (secondary N) is 1. The number of anilines is 3. The fourth-order valence-corrected chi connectivity index (χ4v) is 6.07. The van der Waals surface area contributed by atoms with Crippen LogP contribution in [0.4, 0.5) is 39.4 Å². The third-order valence-electron chi connectivity index (χ3n) is 6.79. The van der Waals surface area contributed by atoms with E-state index in [1.807, 2.05) is 44.1 Å². The van der Waals surface area contributed by atoms with Crippen molar-refractivity contribution in [1.29, 1.82) is 0 Å². The molecule has 1 atom stereocenters. The van der Waals surface area contributed by atoms with Crippen molar-refractivity contribution in [3.8, 4) is 17.1 Å². The van der Waals surface area contributed by atoms with Crippen LogP contribution in [0.25, 0.3) is 17.1 Å². The molecule has 1 aliphatic heterocycles. The van der Waals surface area contributed by atoms with Gasteiger partial charge in [0.15, 0.2) is 21.8 Å². The largest absolute Gasteiger partial charge is 0.475 e. The number of carbonyl (C=O) groups is 2. The third-order valence-corrected chi connectivity index (χ3v) is 8.84. The van der Waals surface area contributed by atoms with Gasteiger partial charge in [0, 0.05) is 30.2 Å². The molecule has 0 bridgehead atoms. The third kappa shape index (κ3) is 7.12. The molecular formula is C30H27F4N7O3S2. The number of benzene rings is 3. The van der Waals surface area contributed by atoms with E-state index in [0.29, 0.717) is 11.4 Å². The summed E-state index contributed by atoms with van der Waals surface area (Å²) in [5.41, 5.74) is -1.97. The number of hydrogen-bond acceptors (Lipinski definition) is 7. The molecule has 1 N–H and O–H groups in total. The summed E-state index contributed by atoms with van der Waals surface area (Å²) in [6.07, 6.45) is 2.86. The van der Waals surface area contributed by atoms with Crippen molar-refractivity contribution in [3.05, 3.63) is 78.4 Å². The van der Waals surface area contributed by atoms with Gasteiger partial charge in [-0.3, -0.25) is 9.69 Å². The molecule has 46 heavy (non-hydrogen) atoms. The van der Waals surface area contributed by atoms with E-state index >= 15 is 4.39 Å². The molecular weight excluding hydrogens is 647 g/mol. The number of hydrogen-bond donors (Lipinski definition) is 1. The molecule has 5 rings (SSSR count). The topological polar surface area (TPSA) is 113 Å². The van der Waals surface area contributed by atoms with Crippen molar-refractivity contribution < 1.29 is 31.4 Å². The summed E-state index contributed by atoms with van der Waals surface area (Å²) in [6.45, 7) is 2.03. The van der Waals surface area contributed by atoms with E-state index in [1.165, 1.54) is 40.2 Å². The number of rotatable bonds is 8. The SMILES string of the molecule is CCCc1ccc(N(C)C)cc1N1C(=O)CSC1=NC(=O)Nc1ccc(-c2ncn(-c3ccc(S(=O)C(F)(F)F)cc3)n2)cc1F. The van der Waals surface area contributed by atoms with E-state index in [-0.39, 0.29) is 33.9 Å². The molecule has 0 spiro atoms. The Bertz CT molecular complexity index is 1840. The van der Waals surface area contributed by atoms with Gasteiger partial charge in [-0.05, 0) is 66.6 Å². The summed E-state index contributed by atoms with van der Waals surface area (Å²) in [6, 6.07) is 13.6. The molecule has 240 valence electrons. The lowest BCUT2D eigenvalue weighted by molar-refractivity contribution is -0.115. The van der Waals surface area contributed by atoms with Gasteiger partial charge in [-0.1, -0.05) is 31.2 Å². The first-order chi connectivity index (χ1) is 21.8. The van der Waals surface area contributed by atoms with Crippen LogP contribution < -0.4 is 15.1 Å². The Kier molecular flexibility index (Phi) is 9.58. The van der Waals surface area contributed by atoms with Gasteiger partial charge in [-0.15, -0.1) is 5.10 Å². The van der Waals surface area contributed by atoms with Crippen molar-refractivity contribution in [2.75, 3.05) is 35.0 Å². The van der Waals surface area contributed by atoms with Crippen LogP contribution in [0, 0.1) is 5.82 Å². The van der Waals surface area contributed by atoms with E-state index < -0.39 is 33.1 Å². The van der Waals surface area contributed by atoms with Gasteiger partial charge in [0.05, 0.1) is 22.8 Å². The molecule has 1 saturated heterocycles. The van der Waals surface area contributed by atoms with Crippen LogP contribution in [0.1, 0.15) is 18.9 Å². The number of alkyl halides is 3. The van der Waals surface area contributed by atoms with Gasteiger partial charge in [-0.25, -0.2) is 23.1 Å². The maximum absolute atomic E-state index is 15.1. The number of aromatic nitrogens is 3. The van der Waals surface area contributed by atoms with Gasteiger partial charge in [0.25, 0.3) is 0 Å². The van der Waals surface area contributed by atoms with E-state index in [1.54, 1.807) is 0 Å². The quantitative estimate of drug-likeness (QED) is 0.216. The molecule has 16 heteroatoms. The van der Waals surface area contributed by atoms with Crippen molar-refractivity contribution in [2.24, 2.45) is 4.99 Å². The smallest absolute Gasteiger partial charge is 0.378 e. The number of aryl methyl sites for hydroxylation is 1.